The summed E-state index contributed by atoms with van der Waals surface area (Å²) in [6, 6.07) is 22.0. The van der Waals surface area contributed by atoms with Gasteiger partial charge >= 0.3 is 5.97 Å². The molecule has 1 N–H and O–H groups in total. The van der Waals surface area contributed by atoms with Gasteiger partial charge < -0.3 is 18.9 Å². The first-order valence-electron chi connectivity index (χ1n) is 11.7. The van der Waals surface area contributed by atoms with Gasteiger partial charge in [-0.3, -0.25) is 4.79 Å². The molecule has 0 aliphatic carbocycles. The van der Waals surface area contributed by atoms with Gasteiger partial charge in [-0.25, -0.2) is 9.78 Å². The molecule has 39 heavy (non-hydrogen) atoms. The average Bonchev–Trinajstić information content (AvgIpc) is 3.61. The maximum absolute atomic E-state index is 12.7. The van der Waals surface area contributed by atoms with Gasteiger partial charge in [-0.15, -0.1) is 10.2 Å². The fraction of sp³-hybridized carbons (Fsp3) is 0.107. The molecule has 3 aromatic carbocycles. The number of benzene rings is 3. The molecule has 5 aromatic rings. The van der Waals surface area contributed by atoms with Gasteiger partial charge in [-0.2, -0.15) is 0 Å². The number of aromatic nitrogens is 3. The molecule has 1 atom stereocenters. The molecule has 0 unspecified atom stereocenters. The molecule has 9 nitrogen and oxygen atoms in total. The first kappa shape index (κ1) is 26.2. The number of hydrogen-bond acceptors (Lipinski definition) is 9. The second kappa shape index (κ2) is 11.5. The molecule has 2 heterocycles. The summed E-state index contributed by atoms with van der Waals surface area (Å²) in [5.41, 5.74) is 2.48. The second-order valence-electron chi connectivity index (χ2n) is 8.32. The molecule has 0 saturated carbocycles. The molecule has 5 rings (SSSR count). The van der Waals surface area contributed by atoms with Crippen molar-refractivity contribution in [2.24, 2.45) is 0 Å². The van der Waals surface area contributed by atoms with E-state index in [1.54, 1.807) is 42.5 Å². The number of carbonyl (C=O) groups is 2. The number of nitrogens with zero attached hydrogens (tertiary/aromatic N) is 3. The molecule has 0 fully saturated rings. The lowest BCUT2D eigenvalue weighted by Gasteiger charge is -2.12. The van der Waals surface area contributed by atoms with Gasteiger partial charge in [0, 0.05) is 21.0 Å². The third-order valence-electron chi connectivity index (χ3n) is 5.56. The van der Waals surface area contributed by atoms with E-state index < -0.39 is 17.9 Å². The van der Waals surface area contributed by atoms with Gasteiger partial charge in [-0.1, -0.05) is 47.5 Å². The summed E-state index contributed by atoms with van der Waals surface area (Å²) in [5.74, 6) is -1.09. The number of esters is 1. The Morgan fingerprint density at radius 2 is 1.64 bits per heavy atom. The van der Waals surface area contributed by atoms with E-state index in [2.05, 4.69) is 20.5 Å². The highest BCUT2D eigenvalue weighted by Gasteiger charge is 2.31. The van der Waals surface area contributed by atoms with Crippen LogP contribution in [-0.4, -0.2) is 34.2 Å². The minimum atomic E-state index is -1.33. The third-order valence-corrected chi connectivity index (χ3v) is 6.78. The van der Waals surface area contributed by atoms with Crippen molar-refractivity contribution < 1.29 is 23.2 Å². The highest BCUT2D eigenvalue weighted by Crippen LogP contribution is 2.39. The number of methoxy groups -OCH3 is 1. The van der Waals surface area contributed by atoms with Crippen molar-refractivity contribution in [2.45, 2.75) is 23.0 Å². The van der Waals surface area contributed by atoms with Crippen LogP contribution in [0.3, 0.4) is 0 Å². The fourth-order valence-electron chi connectivity index (χ4n) is 3.53. The number of aryl methyl sites for hydroxylation is 1. The maximum atomic E-state index is 12.7. The predicted octanol–water partition coefficient (Wildman–Crippen LogP) is 6.15. The lowest BCUT2D eigenvalue weighted by Crippen LogP contribution is -2.34. The largest absolute Gasteiger partial charge is 0.467 e. The van der Waals surface area contributed by atoms with Crippen LogP contribution in [0.5, 0.6) is 0 Å². The molecule has 0 spiro atoms. The number of rotatable bonds is 8. The Labute approximate surface area is 232 Å². The van der Waals surface area contributed by atoms with E-state index in [1.807, 2.05) is 43.3 Å². The standard InChI is InChI=1S/C28H21ClN4O5S/c1-16-8-10-18(11-9-16)24-31-22(28(38-24)39-20-14-12-19(29)13-15-20)26-33-32-25(37-26)21(27(35)36-2)30-23(34)17-6-4-3-5-7-17/h3-15,21H,1-2H3,(H,30,34)/t21-/m1/s1. The highest BCUT2D eigenvalue weighted by molar-refractivity contribution is 7.99. The Bertz CT molecular complexity index is 1600. The van der Waals surface area contributed by atoms with E-state index >= 15 is 0 Å². The van der Waals surface area contributed by atoms with Crippen LogP contribution in [0.4, 0.5) is 0 Å². The number of nitrogens with one attached hydrogen (secondary N) is 1. The van der Waals surface area contributed by atoms with Gasteiger partial charge in [0.25, 0.3) is 17.7 Å². The molecule has 0 radical (unpaired) electrons. The van der Waals surface area contributed by atoms with Crippen LogP contribution in [0.1, 0.15) is 27.9 Å². The summed E-state index contributed by atoms with van der Waals surface area (Å²) in [7, 11) is 1.20. The molecule has 0 bridgehead atoms. The summed E-state index contributed by atoms with van der Waals surface area (Å²) < 4.78 is 16.9. The van der Waals surface area contributed by atoms with Crippen molar-refractivity contribution in [1.82, 2.24) is 20.5 Å². The Hall–Kier alpha value is -4.41. The molecular formula is C28H21ClN4O5S. The van der Waals surface area contributed by atoms with Crippen LogP contribution in [0.15, 0.2) is 97.7 Å². The van der Waals surface area contributed by atoms with Gasteiger partial charge in [0.05, 0.1) is 7.11 Å². The van der Waals surface area contributed by atoms with Gasteiger partial charge in [-0.05, 0) is 67.2 Å². The van der Waals surface area contributed by atoms with Crippen LogP contribution in [-0.2, 0) is 9.53 Å². The van der Waals surface area contributed by atoms with Crippen LogP contribution < -0.4 is 5.32 Å². The van der Waals surface area contributed by atoms with Crippen molar-refractivity contribution >= 4 is 35.2 Å². The van der Waals surface area contributed by atoms with Crippen molar-refractivity contribution in [2.75, 3.05) is 7.11 Å². The topological polar surface area (TPSA) is 120 Å². The molecular weight excluding hydrogens is 540 g/mol. The molecule has 0 aliphatic heterocycles. The van der Waals surface area contributed by atoms with Crippen molar-refractivity contribution in [3.05, 3.63) is 101 Å². The monoisotopic (exact) mass is 560 g/mol. The van der Waals surface area contributed by atoms with E-state index in [-0.39, 0.29) is 17.5 Å². The predicted molar refractivity (Wildman–Crippen MR) is 144 cm³/mol. The van der Waals surface area contributed by atoms with E-state index in [0.29, 0.717) is 21.6 Å². The Morgan fingerprint density at radius 3 is 2.33 bits per heavy atom. The summed E-state index contributed by atoms with van der Waals surface area (Å²) in [5, 5.41) is 11.7. The second-order valence-corrected chi connectivity index (χ2v) is 9.80. The number of hydrogen-bond donors (Lipinski definition) is 1. The summed E-state index contributed by atoms with van der Waals surface area (Å²) in [4.78, 5) is 30.8. The lowest BCUT2D eigenvalue weighted by atomic mass is 10.1. The summed E-state index contributed by atoms with van der Waals surface area (Å²) in [6.07, 6.45) is 0. The number of carbonyl (C=O) groups excluding carboxylic acids is 2. The lowest BCUT2D eigenvalue weighted by molar-refractivity contribution is -0.143. The minimum absolute atomic E-state index is 0.00596. The van der Waals surface area contributed by atoms with Gasteiger partial charge in [0.2, 0.25) is 11.9 Å². The van der Waals surface area contributed by atoms with Gasteiger partial charge in [0.1, 0.15) is 0 Å². The SMILES string of the molecule is COC(=O)[C@H](NC(=O)c1ccccc1)c1nnc(-c2nc(-c3ccc(C)cc3)oc2Sc2ccc(Cl)cc2)o1. The van der Waals surface area contributed by atoms with E-state index in [1.165, 1.54) is 18.9 Å². The van der Waals surface area contributed by atoms with Crippen LogP contribution in [0.2, 0.25) is 5.02 Å². The zero-order valence-electron chi connectivity index (χ0n) is 20.8. The first-order valence-corrected chi connectivity index (χ1v) is 12.9. The van der Waals surface area contributed by atoms with Crippen LogP contribution in [0, 0.1) is 6.92 Å². The summed E-state index contributed by atoms with van der Waals surface area (Å²) >= 11 is 7.33. The Morgan fingerprint density at radius 1 is 0.923 bits per heavy atom. The highest BCUT2D eigenvalue weighted by atomic mass is 35.5. The smallest absolute Gasteiger partial charge is 0.338 e. The molecule has 0 saturated heterocycles. The molecule has 196 valence electrons. The van der Waals surface area contributed by atoms with E-state index in [9.17, 15) is 9.59 Å². The Kier molecular flexibility index (Phi) is 7.76. The summed E-state index contributed by atoms with van der Waals surface area (Å²) in [6.45, 7) is 1.99. The number of halogens is 1. The van der Waals surface area contributed by atoms with Crippen molar-refractivity contribution in [3.8, 4) is 23.0 Å². The first-order chi connectivity index (χ1) is 18.9. The average molecular weight is 561 g/mol. The number of oxazole rings is 1. The molecule has 0 aliphatic rings. The van der Waals surface area contributed by atoms with E-state index in [4.69, 9.17) is 25.2 Å². The molecule has 1 amide bonds. The minimum Gasteiger partial charge on any atom is -0.467 e. The maximum Gasteiger partial charge on any atom is 0.338 e. The van der Waals surface area contributed by atoms with Crippen LogP contribution >= 0.6 is 23.4 Å². The van der Waals surface area contributed by atoms with E-state index in [0.717, 1.165) is 16.0 Å². The zero-order valence-corrected chi connectivity index (χ0v) is 22.3. The fourth-order valence-corrected chi connectivity index (χ4v) is 4.49. The van der Waals surface area contributed by atoms with Crippen LogP contribution in [0.25, 0.3) is 23.0 Å². The zero-order chi connectivity index (χ0) is 27.4. The number of amides is 1. The molecule has 2 aromatic heterocycles. The van der Waals surface area contributed by atoms with Crippen molar-refractivity contribution in [1.29, 1.82) is 0 Å². The number of ether oxygens (including phenoxy) is 1. The third kappa shape index (κ3) is 6.02. The van der Waals surface area contributed by atoms with Gasteiger partial charge in [0.15, 0.2) is 10.8 Å². The normalized spacial score (nSPS) is 11.7. The molecule has 11 heteroatoms. The van der Waals surface area contributed by atoms with Crippen molar-refractivity contribution in [3.63, 3.8) is 0 Å². The Balaban J connectivity index is 1.50. The quantitative estimate of drug-likeness (QED) is 0.223.